The molecule has 0 radical (unpaired) electrons. The molecule has 2 nitrogen and oxygen atoms in total. The van der Waals surface area contributed by atoms with E-state index < -0.39 is 0 Å². The average molecular weight is 407 g/mol. The predicted octanol–water partition coefficient (Wildman–Crippen LogP) is 7.53. The van der Waals surface area contributed by atoms with Gasteiger partial charge in [-0.3, -0.25) is 10.2 Å². The van der Waals surface area contributed by atoms with E-state index in [0.717, 1.165) is 54.2 Å². The van der Waals surface area contributed by atoms with Crippen LogP contribution < -0.4 is 0 Å². The lowest BCUT2D eigenvalue weighted by molar-refractivity contribution is 0.106. The van der Waals surface area contributed by atoms with E-state index in [2.05, 4.69) is 54.6 Å². The van der Waals surface area contributed by atoms with Crippen molar-refractivity contribution in [2.24, 2.45) is 0 Å². The third-order valence-electron chi connectivity index (χ3n) is 6.81. The summed E-state index contributed by atoms with van der Waals surface area (Å²) in [5.41, 5.74) is 3.36. The molecule has 6 aromatic carbocycles. The molecule has 0 unspecified atom stereocenters. The van der Waals surface area contributed by atoms with Gasteiger partial charge < -0.3 is 0 Å². The van der Waals surface area contributed by atoms with Gasteiger partial charge in [0.2, 0.25) is 5.78 Å². The van der Waals surface area contributed by atoms with Gasteiger partial charge in [0.25, 0.3) is 0 Å². The molecule has 0 heterocycles. The highest BCUT2D eigenvalue weighted by molar-refractivity contribution is 6.56. The third-order valence-corrected chi connectivity index (χ3v) is 6.81. The Morgan fingerprint density at radius 1 is 0.469 bits per heavy atom. The first kappa shape index (κ1) is 17.4. The van der Waals surface area contributed by atoms with Crippen LogP contribution in [-0.4, -0.2) is 11.5 Å². The molecular formula is C30H17NO. The van der Waals surface area contributed by atoms with E-state index in [4.69, 9.17) is 5.41 Å². The maximum atomic E-state index is 13.3. The Hall–Kier alpha value is -4.30. The van der Waals surface area contributed by atoms with Gasteiger partial charge in [0, 0.05) is 22.3 Å². The van der Waals surface area contributed by atoms with E-state index in [1.165, 1.54) is 0 Å². The molecule has 148 valence electrons. The van der Waals surface area contributed by atoms with Gasteiger partial charge in [-0.2, -0.15) is 0 Å². The van der Waals surface area contributed by atoms with E-state index >= 15 is 0 Å². The lowest BCUT2D eigenvalue weighted by Gasteiger charge is -2.24. The fourth-order valence-electron chi connectivity index (χ4n) is 5.37. The quantitative estimate of drug-likeness (QED) is 0.260. The Morgan fingerprint density at radius 3 is 1.50 bits per heavy atom. The molecule has 0 amide bonds. The minimum Gasteiger partial charge on any atom is -0.296 e. The summed E-state index contributed by atoms with van der Waals surface area (Å²) in [4.78, 5) is 13.3. The number of carbonyl (C=O) groups is 1. The number of rotatable bonds is 0. The molecule has 0 aromatic heterocycles. The predicted molar refractivity (Wildman–Crippen MR) is 133 cm³/mol. The lowest BCUT2D eigenvalue weighted by Crippen LogP contribution is -2.21. The summed E-state index contributed by atoms with van der Waals surface area (Å²) >= 11 is 0. The summed E-state index contributed by atoms with van der Waals surface area (Å²) in [5, 5.41) is 17.7. The van der Waals surface area contributed by atoms with Crippen LogP contribution >= 0.6 is 0 Å². The fraction of sp³-hybridized carbons (Fsp3) is 0. The number of carbonyl (C=O) groups excluding carboxylic acids is 1. The number of fused-ring (bicyclic) bond motifs is 11. The molecule has 0 saturated heterocycles. The van der Waals surface area contributed by atoms with Gasteiger partial charge in [-0.1, -0.05) is 91.0 Å². The van der Waals surface area contributed by atoms with Crippen molar-refractivity contribution in [1.29, 1.82) is 5.41 Å². The first-order chi connectivity index (χ1) is 15.7. The molecule has 2 heteroatoms. The van der Waals surface area contributed by atoms with Crippen molar-refractivity contribution in [3.8, 4) is 11.1 Å². The van der Waals surface area contributed by atoms with Crippen molar-refractivity contribution >= 4 is 54.6 Å². The van der Waals surface area contributed by atoms with E-state index in [1.54, 1.807) is 0 Å². The molecule has 0 saturated carbocycles. The SMILES string of the molecule is N=C1C(=O)c2ccc3ccc4ccccc4c3c2-c2c1ccc1ccc3ccccc3c21. The monoisotopic (exact) mass is 407 g/mol. The number of Topliss-reactive ketones (excluding diaryl/α,β-unsaturated/α-hetero) is 1. The van der Waals surface area contributed by atoms with Crippen LogP contribution in [0.1, 0.15) is 15.9 Å². The van der Waals surface area contributed by atoms with Crippen molar-refractivity contribution in [1.82, 2.24) is 0 Å². The maximum absolute atomic E-state index is 13.3. The van der Waals surface area contributed by atoms with Gasteiger partial charge in [0.05, 0.1) is 0 Å². The van der Waals surface area contributed by atoms with Crippen LogP contribution in [0.4, 0.5) is 0 Å². The highest BCUT2D eigenvalue weighted by atomic mass is 16.1. The number of hydrogen-bond donors (Lipinski definition) is 1. The van der Waals surface area contributed by atoms with Crippen molar-refractivity contribution in [2.75, 3.05) is 0 Å². The zero-order chi connectivity index (χ0) is 21.4. The van der Waals surface area contributed by atoms with Gasteiger partial charge in [-0.15, -0.1) is 0 Å². The Morgan fingerprint density at radius 2 is 0.906 bits per heavy atom. The summed E-state index contributed by atoms with van der Waals surface area (Å²) in [7, 11) is 0. The average Bonchev–Trinajstić information content (AvgIpc) is 2.85. The number of nitrogens with one attached hydrogen (secondary N) is 1. The van der Waals surface area contributed by atoms with E-state index in [-0.39, 0.29) is 11.5 Å². The summed E-state index contributed by atoms with van der Waals surface area (Å²) in [6.45, 7) is 0. The minimum atomic E-state index is -0.207. The molecule has 1 N–H and O–H groups in total. The van der Waals surface area contributed by atoms with Gasteiger partial charge in [0.15, 0.2) is 0 Å². The van der Waals surface area contributed by atoms with Crippen LogP contribution in [0.5, 0.6) is 0 Å². The molecule has 7 rings (SSSR count). The van der Waals surface area contributed by atoms with Gasteiger partial charge in [0.1, 0.15) is 5.71 Å². The summed E-state index contributed by atoms with van der Waals surface area (Å²) in [5.74, 6) is -0.207. The van der Waals surface area contributed by atoms with Crippen molar-refractivity contribution in [3.05, 3.63) is 108 Å². The van der Waals surface area contributed by atoms with Crippen molar-refractivity contribution in [3.63, 3.8) is 0 Å². The number of hydrogen-bond acceptors (Lipinski definition) is 2. The van der Waals surface area contributed by atoms with Gasteiger partial charge >= 0.3 is 0 Å². The number of benzene rings is 6. The molecule has 1 aliphatic carbocycles. The summed E-state index contributed by atoms with van der Waals surface area (Å²) < 4.78 is 0. The van der Waals surface area contributed by atoms with E-state index in [1.807, 2.05) is 42.5 Å². The Bertz CT molecular complexity index is 1670. The van der Waals surface area contributed by atoms with Crippen LogP contribution in [0.2, 0.25) is 0 Å². The first-order valence-electron chi connectivity index (χ1n) is 10.8. The first-order valence-corrected chi connectivity index (χ1v) is 10.8. The van der Waals surface area contributed by atoms with Crippen LogP contribution in [0.3, 0.4) is 0 Å². The topological polar surface area (TPSA) is 40.9 Å². The second-order valence-corrected chi connectivity index (χ2v) is 8.45. The highest BCUT2D eigenvalue weighted by Crippen LogP contribution is 2.46. The molecule has 1 aliphatic rings. The van der Waals surface area contributed by atoms with Crippen LogP contribution in [0.25, 0.3) is 54.2 Å². The molecule has 0 fully saturated rings. The summed E-state index contributed by atoms with van der Waals surface area (Å²) in [6.07, 6.45) is 0. The maximum Gasteiger partial charge on any atom is 0.211 e. The van der Waals surface area contributed by atoms with E-state index in [9.17, 15) is 4.79 Å². The lowest BCUT2D eigenvalue weighted by atomic mass is 9.77. The molecule has 6 aromatic rings. The Balaban J connectivity index is 1.81. The molecule has 0 spiro atoms. The molecule has 0 aliphatic heterocycles. The standard InChI is InChI=1S/C30H17NO/c31-29-23-15-13-19-11-9-17-5-1-3-7-21(17)25(19)27(23)28-24(30(29)32)16-14-20-12-10-18-6-2-4-8-22(18)26(20)28/h1-16,31H. The van der Waals surface area contributed by atoms with Crippen molar-refractivity contribution in [2.45, 2.75) is 0 Å². The number of ketones is 1. The normalized spacial score (nSPS) is 13.1. The summed E-state index contributed by atoms with van der Waals surface area (Å²) in [6, 6.07) is 33.1. The zero-order valence-corrected chi connectivity index (χ0v) is 17.1. The largest absolute Gasteiger partial charge is 0.296 e. The Kier molecular flexibility index (Phi) is 3.32. The minimum absolute atomic E-state index is 0.0712. The third kappa shape index (κ3) is 2.13. The van der Waals surface area contributed by atoms with Crippen molar-refractivity contribution < 1.29 is 4.79 Å². The highest BCUT2D eigenvalue weighted by Gasteiger charge is 2.31. The van der Waals surface area contributed by atoms with Gasteiger partial charge in [-0.05, 0) is 49.2 Å². The van der Waals surface area contributed by atoms with Crippen LogP contribution in [-0.2, 0) is 0 Å². The molecule has 0 atom stereocenters. The molecule has 32 heavy (non-hydrogen) atoms. The second-order valence-electron chi connectivity index (χ2n) is 8.45. The smallest absolute Gasteiger partial charge is 0.211 e. The zero-order valence-electron chi connectivity index (χ0n) is 17.1. The fourth-order valence-corrected chi connectivity index (χ4v) is 5.37. The Labute approximate surface area is 184 Å². The van der Waals surface area contributed by atoms with Crippen LogP contribution in [0, 0.1) is 5.41 Å². The van der Waals surface area contributed by atoms with E-state index in [0.29, 0.717) is 11.1 Å². The molecular weight excluding hydrogens is 390 g/mol. The second kappa shape index (κ2) is 6.12. The van der Waals surface area contributed by atoms with Gasteiger partial charge in [-0.25, -0.2) is 0 Å². The van der Waals surface area contributed by atoms with Crippen LogP contribution in [0.15, 0.2) is 97.1 Å². The molecule has 0 bridgehead atoms.